The van der Waals surface area contributed by atoms with Gasteiger partial charge in [-0.15, -0.1) is 0 Å². The molecular weight excluding hydrogens is 354 g/mol. The Morgan fingerprint density at radius 2 is 1.88 bits per heavy atom. The highest BCUT2D eigenvalue weighted by Gasteiger charge is 2.48. The summed E-state index contributed by atoms with van der Waals surface area (Å²) in [6.45, 7) is 3.56. The number of piperazine rings is 1. The van der Waals surface area contributed by atoms with Crippen LogP contribution in [0.3, 0.4) is 0 Å². The zero-order valence-corrected chi connectivity index (χ0v) is 15.4. The van der Waals surface area contributed by atoms with Gasteiger partial charge in [-0.2, -0.15) is 0 Å². The third-order valence-corrected chi connectivity index (χ3v) is 6.83. The van der Waals surface area contributed by atoms with Crippen LogP contribution < -0.4 is 0 Å². The lowest BCUT2D eigenvalue weighted by Crippen LogP contribution is -2.60. The Labute approximate surface area is 152 Å². The Hall–Kier alpha value is -2.19. The predicted octanol–water partition coefficient (Wildman–Crippen LogP) is 1.11. The molecule has 2 aromatic rings. The first-order chi connectivity index (χ1) is 12.4. The fourth-order valence-electron chi connectivity index (χ4n) is 3.90. The number of aryl methyl sites for hydroxylation is 1. The first-order valence-corrected chi connectivity index (χ1v) is 10.5. The van der Waals surface area contributed by atoms with Gasteiger partial charge in [-0.1, -0.05) is 0 Å². The van der Waals surface area contributed by atoms with E-state index in [1.807, 2.05) is 19.1 Å². The van der Waals surface area contributed by atoms with Gasteiger partial charge < -0.3 is 9.32 Å². The molecule has 0 aromatic carbocycles. The van der Waals surface area contributed by atoms with Crippen molar-refractivity contribution in [3.05, 3.63) is 53.7 Å². The molecule has 0 N–H and O–H groups in total. The van der Waals surface area contributed by atoms with Gasteiger partial charge in [0.15, 0.2) is 9.84 Å². The summed E-state index contributed by atoms with van der Waals surface area (Å²) in [5.41, 5.74) is 0.540. The van der Waals surface area contributed by atoms with Crippen LogP contribution in [0.1, 0.15) is 21.9 Å². The van der Waals surface area contributed by atoms with Crippen LogP contribution in [0.2, 0.25) is 0 Å². The number of sulfone groups is 1. The molecule has 2 atom stereocenters. The highest BCUT2D eigenvalue weighted by atomic mass is 32.2. The van der Waals surface area contributed by atoms with E-state index in [1.54, 1.807) is 29.4 Å². The van der Waals surface area contributed by atoms with Crippen molar-refractivity contribution in [2.75, 3.05) is 24.6 Å². The van der Waals surface area contributed by atoms with Crippen molar-refractivity contribution in [1.29, 1.82) is 0 Å². The molecule has 138 valence electrons. The maximum absolute atomic E-state index is 12.9. The molecule has 1 amide bonds. The Balaban J connectivity index is 1.58. The van der Waals surface area contributed by atoms with Crippen LogP contribution in [-0.2, 0) is 16.4 Å². The van der Waals surface area contributed by atoms with Gasteiger partial charge in [-0.25, -0.2) is 8.42 Å². The number of aromatic nitrogens is 1. The summed E-state index contributed by atoms with van der Waals surface area (Å²) in [6.07, 6.45) is 3.15. The van der Waals surface area contributed by atoms with Gasteiger partial charge >= 0.3 is 0 Å². The predicted molar refractivity (Wildman–Crippen MR) is 95.4 cm³/mol. The molecule has 0 saturated carbocycles. The van der Waals surface area contributed by atoms with Crippen LogP contribution in [0, 0.1) is 6.92 Å². The molecular formula is C18H21N3O4S. The van der Waals surface area contributed by atoms with Gasteiger partial charge in [-0.3, -0.25) is 14.7 Å². The van der Waals surface area contributed by atoms with E-state index in [9.17, 15) is 13.2 Å². The van der Waals surface area contributed by atoms with E-state index >= 15 is 0 Å². The lowest BCUT2D eigenvalue weighted by Gasteiger charge is -2.43. The highest BCUT2D eigenvalue weighted by molar-refractivity contribution is 7.91. The van der Waals surface area contributed by atoms with Crippen LogP contribution in [0.25, 0.3) is 0 Å². The lowest BCUT2D eigenvalue weighted by atomic mass is 10.0. The number of hydrogen-bond donors (Lipinski definition) is 0. The van der Waals surface area contributed by atoms with Crippen molar-refractivity contribution in [3.8, 4) is 0 Å². The van der Waals surface area contributed by atoms with Gasteiger partial charge in [0.25, 0.3) is 5.91 Å². The SMILES string of the molecule is Cc1ccc(CN2CCN(C(=O)c3ccncc3)[C@@H]3CS(=O)(=O)C[C@@H]32)o1. The second kappa shape index (κ2) is 6.51. The van der Waals surface area contributed by atoms with E-state index in [0.29, 0.717) is 25.2 Å². The molecule has 0 radical (unpaired) electrons. The topological polar surface area (TPSA) is 83.7 Å². The van der Waals surface area contributed by atoms with Crippen molar-refractivity contribution in [3.63, 3.8) is 0 Å². The molecule has 0 aliphatic carbocycles. The van der Waals surface area contributed by atoms with Crippen molar-refractivity contribution in [2.24, 2.45) is 0 Å². The molecule has 7 nitrogen and oxygen atoms in total. The molecule has 4 rings (SSSR count). The Morgan fingerprint density at radius 1 is 1.15 bits per heavy atom. The van der Waals surface area contributed by atoms with Crippen LogP contribution in [0.15, 0.2) is 41.1 Å². The van der Waals surface area contributed by atoms with Gasteiger partial charge in [0.1, 0.15) is 11.5 Å². The Morgan fingerprint density at radius 3 is 2.58 bits per heavy atom. The van der Waals surface area contributed by atoms with E-state index in [2.05, 4.69) is 9.88 Å². The summed E-state index contributed by atoms with van der Waals surface area (Å²) in [6, 6.07) is 6.62. The summed E-state index contributed by atoms with van der Waals surface area (Å²) < 4.78 is 30.3. The second-order valence-electron chi connectivity index (χ2n) is 6.93. The fraction of sp³-hybridized carbons (Fsp3) is 0.444. The molecule has 2 aliphatic heterocycles. The number of fused-ring (bicyclic) bond motifs is 1. The monoisotopic (exact) mass is 375 g/mol. The quantitative estimate of drug-likeness (QED) is 0.799. The van der Waals surface area contributed by atoms with Crippen molar-refractivity contribution >= 4 is 15.7 Å². The minimum Gasteiger partial charge on any atom is -0.465 e. The average Bonchev–Trinajstić information content (AvgIpc) is 3.17. The molecule has 2 aliphatic rings. The average molecular weight is 375 g/mol. The molecule has 2 aromatic heterocycles. The normalized spacial score (nSPS) is 25.2. The van der Waals surface area contributed by atoms with Gasteiger partial charge in [0.2, 0.25) is 0 Å². The maximum Gasteiger partial charge on any atom is 0.254 e. The van der Waals surface area contributed by atoms with Crippen LogP contribution in [0.5, 0.6) is 0 Å². The number of hydrogen-bond acceptors (Lipinski definition) is 6. The molecule has 0 bridgehead atoms. The van der Waals surface area contributed by atoms with E-state index in [4.69, 9.17) is 4.42 Å². The minimum atomic E-state index is -3.18. The largest absolute Gasteiger partial charge is 0.465 e. The number of furan rings is 1. The van der Waals surface area contributed by atoms with Crippen molar-refractivity contribution < 1.29 is 17.6 Å². The van der Waals surface area contributed by atoms with E-state index in [-0.39, 0.29) is 29.5 Å². The summed E-state index contributed by atoms with van der Waals surface area (Å²) in [7, 11) is -3.18. The van der Waals surface area contributed by atoms with E-state index in [1.165, 1.54) is 0 Å². The Bertz CT molecular complexity index is 910. The van der Waals surface area contributed by atoms with Gasteiger partial charge in [0, 0.05) is 37.1 Å². The number of carbonyl (C=O) groups excluding carboxylic acids is 1. The third kappa shape index (κ3) is 3.26. The molecule has 26 heavy (non-hydrogen) atoms. The highest BCUT2D eigenvalue weighted by Crippen LogP contribution is 2.29. The summed E-state index contributed by atoms with van der Waals surface area (Å²) in [4.78, 5) is 20.7. The summed E-state index contributed by atoms with van der Waals surface area (Å²) in [5, 5.41) is 0. The lowest BCUT2D eigenvalue weighted by molar-refractivity contribution is 0.0285. The number of rotatable bonds is 3. The molecule has 0 unspecified atom stereocenters. The first kappa shape index (κ1) is 17.2. The van der Waals surface area contributed by atoms with E-state index in [0.717, 1.165) is 11.5 Å². The maximum atomic E-state index is 12.9. The second-order valence-corrected chi connectivity index (χ2v) is 9.08. The zero-order chi connectivity index (χ0) is 18.3. The number of amides is 1. The van der Waals surface area contributed by atoms with Gasteiger partial charge in [0.05, 0.1) is 24.1 Å². The molecule has 2 saturated heterocycles. The van der Waals surface area contributed by atoms with Crippen molar-refractivity contribution in [1.82, 2.24) is 14.8 Å². The van der Waals surface area contributed by atoms with Crippen molar-refractivity contribution in [2.45, 2.75) is 25.6 Å². The molecule has 4 heterocycles. The smallest absolute Gasteiger partial charge is 0.254 e. The van der Waals surface area contributed by atoms with Crippen LogP contribution >= 0.6 is 0 Å². The summed E-state index contributed by atoms with van der Waals surface area (Å²) in [5.74, 6) is 1.62. The Kier molecular flexibility index (Phi) is 4.32. The third-order valence-electron chi connectivity index (χ3n) is 5.13. The summed E-state index contributed by atoms with van der Waals surface area (Å²) >= 11 is 0. The number of carbonyl (C=O) groups is 1. The molecule has 8 heteroatoms. The van der Waals surface area contributed by atoms with Crippen LogP contribution in [0.4, 0.5) is 0 Å². The van der Waals surface area contributed by atoms with Crippen LogP contribution in [-0.4, -0.2) is 65.8 Å². The van der Waals surface area contributed by atoms with Gasteiger partial charge in [-0.05, 0) is 31.2 Å². The molecule has 2 fully saturated rings. The number of nitrogens with zero attached hydrogens (tertiary/aromatic N) is 3. The standard InChI is InChI=1S/C18H21N3O4S/c1-13-2-3-15(25-13)10-20-8-9-21(17-12-26(23,24)11-16(17)20)18(22)14-4-6-19-7-5-14/h2-7,16-17H,8-12H2,1H3/t16-,17+/m0/s1. The number of pyridine rings is 1. The zero-order valence-electron chi connectivity index (χ0n) is 14.5. The fourth-order valence-corrected chi connectivity index (χ4v) is 5.92. The minimum absolute atomic E-state index is 0.0160. The molecule has 0 spiro atoms. The van der Waals surface area contributed by atoms with E-state index < -0.39 is 9.84 Å². The first-order valence-electron chi connectivity index (χ1n) is 8.64.